The molecule has 0 aliphatic carbocycles. The molecule has 25 heavy (non-hydrogen) atoms. The lowest BCUT2D eigenvalue weighted by Crippen LogP contribution is -2.19. The molecule has 0 amide bonds. The summed E-state index contributed by atoms with van der Waals surface area (Å²) < 4.78 is 40.4. The van der Waals surface area contributed by atoms with E-state index in [0.29, 0.717) is 10.6 Å². The third kappa shape index (κ3) is 5.07. The van der Waals surface area contributed by atoms with E-state index < -0.39 is 12.1 Å². The molecule has 0 saturated heterocycles. The van der Waals surface area contributed by atoms with Gasteiger partial charge in [0.15, 0.2) is 0 Å². The lowest BCUT2D eigenvalue weighted by molar-refractivity contribution is -0.139. The molecule has 0 aliphatic rings. The van der Waals surface area contributed by atoms with Crippen LogP contribution in [0.3, 0.4) is 0 Å². The SMILES string of the molecule is CCc1ccc(/C=C/C(c2cc(Cl)c(Cl)c(Cl)c2)C(F)(F)F)cc1Cl. The van der Waals surface area contributed by atoms with Crippen molar-refractivity contribution in [2.45, 2.75) is 25.4 Å². The van der Waals surface area contributed by atoms with Crippen LogP contribution in [0.4, 0.5) is 13.2 Å². The quantitative estimate of drug-likeness (QED) is 0.431. The van der Waals surface area contributed by atoms with E-state index in [1.165, 1.54) is 18.2 Å². The molecule has 0 aliphatic heterocycles. The maximum absolute atomic E-state index is 13.5. The lowest BCUT2D eigenvalue weighted by Gasteiger charge is -2.18. The molecule has 0 fully saturated rings. The molecular formula is C18H13Cl4F3. The highest BCUT2D eigenvalue weighted by Gasteiger charge is 2.39. The van der Waals surface area contributed by atoms with Crippen molar-refractivity contribution >= 4 is 52.5 Å². The summed E-state index contributed by atoms with van der Waals surface area (Å²) in [4.78, 5) is 0. The third-order valence-corrected chi connectivity index (χ3v) is 5.21. The molecule has 0 nitrogen and oxygen atoms in total. The number of allylic oxidation sites excluding steroid dienone is 1. The summed E-state index contributed by atoms with van der Waals surface area (Å²) in [6, 6.07) is 7.49. The molecule has 0 spiro atoms. The molecule has 0 N–H and O–H groups in total. The minimum Gasteiger partial charge on any atom is -0.170 e. The standard InChI is InChI=1S/C18H13Cl4F3/c1-2-11-5-3-10(7-14(11)19)4-6-13(18(23,24)25)12-8-15(20)17(22)16(21)9-12/h3-9,13H,2H2,1H3/b6-4+. The van der Waals surface area contributed by atoms with E-state index in [2.05, 4.69) is 0 Å². The lowest BCUT2D eigenvalue weighted by atomic mass is 9.97. The Morgan fingerprint density at radius 3 is 2.04 bits per heavy atom. The summed E-state index contributed by atoms with van der Waals surface area (Å²) in [6.45, 7) is 1.95. The fourth-order valence-corrected chi connectivity index (χ4v) is 3.26. The Labute approximate surface area is 164 Å². The van der Waals surface area contributed by atoms with E-state index in [9.17, 15) is 13.2 Å². The van der Waals surface area contributed by atoms with Gasteiger partial charge in [-0.05, 0) is 41.3 Å². The number of hydrogen-bond acceptors (Lipinski definition) is 0. The van der Waals surface area contributed by atoms with Crippen LogP contribution in [-0.2, 0) is 6.42 Å². The van der Waals surface area contributed by atoms with Crippen molar-refractivity contribution in [1.82, 2.24) is 0 Å². The zero-order valence-electron chi connectivity index (χ0n) is 13.0. The molecule has 0 bridgehead atoms. The van der Waals surface area contributed by atoms with Crippen LogP contribution in [0.1, 0.15) is 29.5 Å². The van der Waals surface area contributed by atoms with Crippen LogP contribution in [0.2, 0.25) is 20.1 Å². The number of hydrogen-bond donors (Lipinski definition) is 0. The van der Waals surface area contributed by atoms with E-state index >= 15 is 0 Å². The molecule has 1 atom stereocenters. The van der Waals surface area contributed by atoms with Crippen LogP contribution < -0.4 is 0 Å². The number of halogens is 7. The van der Waals surface area contributed by atoms with Crippen molar-refractivity contribution in [3.63, 3.8) is 0 Å². The second-order valence-electron chi connectivity index (χ2n) is 5.38. The zero-order valence-corrected chi connectivity index (χ0v) is 16.0. The monoisotopic (exact) mass is 426 g/mol. The maximum Gasteiger partial charge on any atom is 0.399 e. The van der Waals surface area contributed by atoms with Crippen LogP contribution in [0.25, 0.3) is 6.08 Å². The number of alkyl halides is 3. The second kappa shape index (κ2) is 8.22. The molecule has 0 heterocycles. The second-order valence-corrected chi connectivity index (χ2v) is 6.98. The first-order valence-corrected chi connectivity index (χ1v) is 8.82. The van der Waals surface area contributed by atoms with Crippen LogP contribution in [0.15, 0.2) is 36.4 Å². The minimum atomic E-state index is -4.51. The average molecular weight is 428 g/mol. The maximum atomic E-state index is 13.5. The van der Waals surface area contributed by atoms with Gasteiger partial charge in [0.25, 0.3) is 0 Å². The molecule has 2 aromatic carbocycles. The normalized spacial score (nSPS) is 13.4. The highest BCUT2D eigenvalue weighted by molar-refractivity contribution is 6.48. The van der Waals surface area contributed by atoms with Gasteiger partial charge < -0.3 is 0 Å². The van der Waals surface area contributed by atoms with Gasteiger partial charge in [0.05, 0.1) is 21.0 Å². The Hall–Kier alpha value is -0.870. The first-order chi connectivity index (χ1) is 11.6. The van der Waals surface area contributed by atoms with Crippen LogP contribution in [0, 0.1) is 0 Å². The van der Waals surface area contributed by atoms with Gasteiger partial charge in [-0.1, -0.05) is 77.6 Å². The van der Waals surface area contributed by atoms with Gasteiger partial charge in [-0.3, -0.25) is 0 Å². The predicted octanol–water partition coefficient (Wildman–Crippen LogP) is 8.22. The Morgan fingerprint density at radius 2 is 1.56 bits per heavy atom. The van der Waals surface area contributed by atoms with Crippen molar-refractivity contribution in [1.29, 1.82) is 0 Å². The molecule has 0 radical (unpaired) electrons. The summed E-state index contributed by atoms with van der Waals surface area (Å²) in [5, 5.41) is 0.494. The van der Waals surface area contributed by atoms with Crippen molar-refractivity contribution < 1.29 is 13.2 Å². The first-order valence-electron chi connectivity index (χ1n) is 7.31. The fourth-order valence-electron chi connectivity index (χ4n) is 2.33. The fraction of sp³-hybridized carbons (Fsp3) is 0.222. The van der Waals surface area contributed by atoms with Gasteiger partial charge in [0.1, 0.15) is 0 Å². The molecule has 7 heteroatoms. The van der Waals surface area contributed by atoms with Gasteiger partial charge in [0, 0.05) is 5.02 Å². The van der Waals surface area contributed by atoms with E-state index in [-0.39, 0.29) is 20.6 Å². The Morgan fingerprint density at radius 1 is 0.960 bits per heavy atom. The van der Waals surface area contributed by atoms with Crippen molar-refractivity contribution in [3.8, 4) is 0 Å². The van der Waals surface area contributed by atoms with E-state index in [0.717, 1.165) is 18.1 Å². The third-order valence-electron chi connectivity index (χ3n) is 3.66. The molecule has 0 aromatic heterocycles. The first kappa shape index (κ1) is 20.4. The van der Waals surface area contributed by atoms with E-state index in [1.54, 1.807) is 18.2 Å². The van der Waals surface area contributed by atoms with Gasteiger partial charge in [-0.25, -0.2) is 0 Å². The summed E-state index contributed by atoms with van der Waals surface area (Å²) in [7, 11) is 0. The Bertz CT molecular complexity index is 774. The van der Waals surface area contributed by atoms with Gasteiger partial charge in [0.2, 0.25) is 0 Å². The summed E-state index contributed by atoms with van der Waals surface area (Å²) in [5.41, 5.74) is 1.42. The molecule has 2 aromatic rings. The largest absolute Gasteiger partial charge is 0.399 e. The average Bonchev–Trinajstić information content (AvgIpc) is 2.51. The van der Waals surface area contributed by atoms with Gasteiger partial charge in [-0.2, -0.15) is 13.2 Å². The van der Waals surface area contributed by atoms with Crippen LogP contribution >= 0.6 is 46.4 Å². The van der Waals surface area contributed by atoms with Gasteiger partial charge in [-0.15, -0.1) is 0 Å². The van der Waals surface area contributed by atoms with E-state index in [1.807, 2.05) is 6.92 Å². The molecule has 1 unspecified atom stereocenters. The highest BCUT2D eigenvalue weighted by Crippen LogP contribution is 2.41. The smallest absolute Gasteiger partial charge is 0.170 e. The molecule has 0 saturated carbocycles. The van der Waals surface area contributed by atoms with Crippen LogP contribution in [0.5, 0.6) is 0 Å². The molecule has 134 valence electrons. The van der Waals surface area contributed by atoms with Crippen molar-refractivity contribution in [2.24, 2.45) is 0 Å². The number of benzene rings is 2. The van der Waals surface area contributed by atoms with Gasteiger partial charge >= 0.3 is 6.18 Å². The van der Waals surface area contributed by atoms with Crippen LogP contribution in [-0.4, -0.2) is 6.18 Å². The number of rotatable bonds is 4. The summed E-state index contributed by atoms with van der Waals surface area (Å²) in [5.74, 6) is -1.87. The van der Waals surface area contributed by atoms with Crippen molar-refractivity contribution in [2.75, 3.05) is 0 Å². The molecular weight excluding hydrogens is 415 g/mol. The summed E-state index contributed by atoms with van der Waals surface area (Å²) >= 11 is 23.6. The Kier molecular flexibility index (Phi) is 6.72. The number of aryl methyl sites for hydroxylation is 1. The molecule has 2 rings (SSSR count). The topological polar surface area (TPSA) is 0 Å². The minimum absolute atomic E-state index is 0.0258. The highest BCUT2D eigenvalue weighted by atomic mass is 35.5. The zero-order chi connectivity index (χ0) is 18.8. The summed E-state index contributed by atoms with van der Waals surface area (Å²) in [6.07, 6.45) is -1.34. The predicted molar refractivity (Wildman–Crippen MR) is 100 cm³/mol. The van der Waals surface area contributed by atoms with Crippen molar-refractivity contribution in [3.05, 3.63) is 73.2 Å². The Balaban J connectivity index is 2.41. The van der Waals surface area contributed by atoms with E-state index in [4.69, 9.17) is 46.4 Å².